The molecule has 1 unspecified atom stereocenters. The predicted octanol–water partition coefficient (Wildman–Crippen LogP) is -0.0866. The van der Waals surface area contributed by atoms with Gasteiger partial charge in [0, 0.05) is 20.7 Å². The molecule has 86 valence electrons. The highest BCUT2D eigenvalue weighted by molar-refractivity contribution is 5.76. The van der Waals surface area contributed by atoms with Crippen LogP contribution in [0.4, 0.5) is 4.79 Å². The van der Waals surface area contributed by atoms with Crippen molar-refractivity contribution in [3.8, 4) is 0 Å². The van der Waals surface area contributed by atoms with E-state index in [9.17, 15) is 9.59 Å². The first-order valence-corrected chi connectivity index (χ1v) is 4.38. The quantitative estimate of drug-likeness (QED) is 0.608. The lowest BCUT2D eigenvalue weighted by atomic mass is 10.3. The van der Waals surface area contributed by atoms with Crippen molar-refractivity contribution in [2.24, 2.45) is 0 Å². The largest absolute Gasteiger partial charge is 0.479 e. The zero-order valence-electron chi connectivity index (χ0n) is 8.90. The second-order valence-corrected chi connectivity index (χ2v) is 2.92. The van der Waals surface area contributed by atoms with Crippen LogP contribution in [-0.4, -0.2) is 55.4 Å². The van der Waals surface area contributed by atoms with Gasteiger partial charge < -0.3 is 20.1 Å². The zero-order chi connectivity index (χ0) is 11.8. The van der Waals surface area contributed by atoms with Crippen LogP contribution in [0.5, 0.6) is 0 Å². The highest BCUT2D eigenvalue weighted by atomic mass is 16.5. The minimum Gasteiger partial charge on any atom is -0.479 e. The van der Waals surface area contributed by atoms with Gasteiger partial charge in [-0.3, -0.25) is 0 Å². The van der Waals surface area contributed by atoms with Crippen LogP contribution >= 0.6 is 0 Å². The first-order chi connectivity index (χ1) is 7.02. The highest BCUT2D eigenvalue weighted by Crippen LogP contribution is 1.90. The van der Waals surface area contributed by atoms with Crippen LogP contribution in [-0.2, 0) is 9.53 Å². The molecule has 0 aromatic heterocycles. The van der Waals surface area contributed by atoms with Crippen LogP contribution < -0.4 is 5.32 Å². The zero-order valence-corrected chi connectivity index (χ0v) is 8.90. The number of methoxy groups -OCH3 is 1. The molecule has 0 spiro atoms. The van der Waals surface area contributed by atoms with Gasteiger partial charge in [-0.05, 0) is 0 Å². The Labute approximate surface area is 88.5 Å². The number of rotatable bonds is 6. The van der Waals surface area contributed by atoms with Crippen molar-refractivity contribution < 1.29 is 19.4 Å². The van der Waals surface area contributed by atoms with Gasteiger partial charge in [0.15, 0.2) is 6.10 Å². The average Bonchev–Trinajstić information content (AvgIpc) is 2.18. The van der Waals surface area contributed by atoms with Gasteiger partial charge in [-0.2, -0.15) is 0 Å². The molecule has 0 heterocycles. The topological polar surface area (TPSA) is 78.9 Å². The Kier molecular flexibility index (Phi) is 6.12. The smallest absolute Gasteiger partial charge is 0.334 e. The molecule has 6 nitrogen and oxygen atoms in total. The number of hydrogen-bond donors (Lipinski definition) is 2. The normalized spacial score (nSPS) is 11.6. The Morgan fingerprint density at radius 3 is 2.67 bits per heavy atom. The average molecular weight is 216 g/mol. The van der Waals surface area contributed by atoms with Crippen LogP contribution in [0.25, 0.3) is 0 Å². The summed E-state index contributed by atoms with van der Waals surface area (Å²) in [4.78, 5) is 23.2. The van der Waals surface area contributed by atoms with E-state index in [0.717, 1.165) is 0 Å². The molecule has 2 amide bonds. The number of carboxylic acid groups (broad SMARTS) is 1. The Bertz CT molecular complexity index is 242. The van der Waals surface area contributed by atoms with Gasteiger partial charge in [0.2, 0.25) is 0 Å². The molecule has 0 bridgehead atoms. The second kappa shape index (κ2) is 6.83. The molecule has 0 fully saturated rings. The number of carboxylic acids is 1. The summed E-state index contributed by atoms with van der Waals surface area (Å²) >= 11 is 0. The van der Waals surface area contributed by atoms with Crippen LogP contribution in [0.3, 0.4) is 0 Å². The molecule has 0 aliphatic carbocycles. The molecule has 0 aliphatic rings. The van der Waals surface area contributed by atoms with E-state index >= 15 is 0 Å². The van der Waals surface area contributed by atoms with E-state index < -0.39 is 12.1 Å². The van der Waals surface area contributed by atoms with Crippen molar-refractivity contribution in [2.75, 3.05) is 27.2 Å². The molecular weight excluding hydrogens is 200 g/mol. The summed E-state index contributed by atoms with van der Waals surface area (Å²) in [5.41, 5.74) is 0. The minimum absolute atomic E-state index is 0.0633. The maximum Gasteiger partial charge on any atom is 0.334 e. The molecule has 0 saturated carbocycles. The van der Waals surface area contributed by atoms with Crippen LogP contribution in [0.1, 0.15) is 0 Å². The van der Waals surface area contributed by atoms with Crippen molar-refractivity contribution in [3.63, 3.8) is 0 Å². The number of amides is 2. The first-order valence-electron chi connectivity index (χ1n) is 4.38. The van der Waals surface area contributed by atoms with Gasteiger partial charge in [0.1, 0.15) is 0 Å². The number of carbonyl (C=O) groups excluding carboxylic acids is 1. The van der Waals surface area contributed by atoms with Crippen LogP contribution in [0.15, 0.2) is 12.7 Å². The van der Waals surface area contributed by atoms with Crippen molar-refractivity contribution in [2.45, 2.75) is 6.10 Å². The van der Waals surface area contributed by atoms with Gasteiger partial charge in [0.05, 0.1) is 6.54 Å². The summed E-state index contributed by atoms with van der Waals surface area (Å²) in [6, 6.07) is -0.363. The molecule has 0 aromatic rings. The molecular formula is C9H16N2O4. The van der Waals surface area contributed by atoms with Crippen molar-refractivity contribution in [1.29, 1.82) is 0 Å². The van der Waals surface area contributed by atoms with E-state index in [0.29, 0.717) is 6.54 Å². The molecule has 1 atom stereocenters. The molecule has 2 N–H and O–H groups in total. The fourth-order valence-corrected chi connectivity index (χ4v) is 0.863. The summed E-state index contributed by atoms with van der Waals surface area (Å²) in [5.74, 6) is -1.11. The van der Waals surface area contributed by atoms with Crippen molar-refractivity contribution >= 4 is 12.0 Å². The minimum atomic E-state index is -1.11. The number of aliphatic carboxylic acids is 1. The van der Waals surface area contributed by atoms with E-state index in [2.05, 4.69) is 16.6 Å². The SMILES string of the molecule is C=CCN(C)C(=O)NCC(OC)C(=O)O. The van der Waals surface area contributed by atoms with E-state index in [-0.39, 0.29) is 12.6 Å². The number of hydrogen-bond acceptors (Lipinski definition) is 3. The lowest BCUT2D eigenvalue weighted by Gasteiger charge is -2.17. The molecule has 15 heavy (non-hydrogen) atoms. The summed E-state index contributed by atoms with van der Waals surface area (Å²) in [5, 5.41) is 11.1. The molecule has 0 radical (unpaired) electrons. The van der Waals surface area contributed by atoms with Gasteiger partial charge >= 0.3 is 12.0 Å². The van der Waals surface area contributed by atoms with Gasteiger partial charge in [0.25, 0.3) is 0 Å². The molecule has 0 aromatic carbocycles. The van der Waals surface area contributed by atoms with E-state index in [1.165, 1.54) is 12.0 Å². The number of urea groups is 1. The maximum absolute atomic E-state index is 11.3. The van der Waals surface area contributed by atoms with Crippen LogP contribution in [0, 0.1) is 0 Å². The summed E-state index contributed by atoms with van der Waals surface area (Å²) < 4.78 is 4.65. The van der Waals surface area contributed by atoms with Crippen molar-refractivity contribution in [1.82, 2.24) is 10.2 Å². The second-order valence-electron chi connectivity index (χ2n) is 2.92. The standard InChI is InChI=1S/C9H16N2O4/c1-4-5-11(2)9(14)10-6-7(15-3)8(12)13/h4,7H,1,5-6H2,2-3H3,(H,10,14)(H,12,13). The Balaban J connectivity index is 3.97. The molecule has 0 rings (SSSR count). The molecule has 0 aliphatic heterocycles. The maximum atomic E-state index is 11.3. The van der Waals surface area contributed by atoms with Gasteiger partial charge in [-0.1, -0.05) is 6.08 Å². The molecule has 6 heteroatoms. The van der Waals surface area contributed by atoms with E-state index in [1.807, 2.05) is 0 Å². The first kappa shape index (κ1) is 13.4. The third kappa shape index (κ3) is 5.02. The lowest BCUT2D eigenvalue weighted by molar-refractivity contribution is -0.148. The lowest BCUT2D eigenvalue weighted by Crippen LogP contribution is -2.43. The predicted molar refractivity (Wildman–Crippen MR) is 54.7 cm³/mol. The number of nitrogens with zero attached hydrogens (tertiary/aromatic N) is 1. The van der Waals surface area contributed by atoms with Crippen LogP contribution in [0.2, 0.25) is 0 Å². The number of likely N-dealkylation sites (N-methyl/N-ethyl adjacent to an activating group) is 1. The van der Waals surface area contributed by atoms with Gasteiger partial charge in [-0.15, -0.1) is 6.58 Å². The Morgan fingerprint density at radius 1 is 1.67 bits per heavy atom. The highest BCUT2D eigenvalue weighted by Gasteiger charge is 2.17. The van der Waals surface area contributed by atoms with Crippen molar-refractivity contribution in [3.05, 3.63) is 12.7 Å². The number of nitrogens with one attached hydrogen (secondary N) is 1. The summed E-state index contributed by atoms with van der Waals surface area (Å²) in [6.45, 7) is 3.82. The Morgan fingerprint density at radius 2 is 2.27 bits per heavy atom. The third-order valence-corrected chi connectivity index (χ3v) is 1.75. The number of ether oxygens (including phenoxy) is 1. The monoisotopic (exact) mass is 216 g/mol. The third-order valence-electron chi connectivity index (χ3n) is 1.75. The van der Waals surface area contributed by atoms with Gasteiger partial charge in [-0.25, -0.2) is 9.59 Å². The fourth-order valence-electron chi connectivity index (χ4n) is 0.863. The summed E-state index contributed by atoms with van der Waals surface area (Å²) in [7, 11) is 2.86. The summed E-state index contributed by atoms with van der Waals surface area (Å²) in [6.07, 6.45) is 0.552. The van der Waals surface area contributed by atoms with E-state index in [4.69, 9.17) is 5.11 Å². The fraction of sp³-hybridized carbons (Fsp3) is 0.556. The molecule has 0 saturated heterocycles. The van der Waals surface area contributed by atoms with E-state index in [1.54, 1.807) is 13.1 Å². The number of carbonyl (C=O) groups is 2. The Hall–Kier alpha value is -1.56.